The molecule has 2 atom stereocenters. The summed E-state index contributed by atoms with van der Waals surface area (Å²) in [6.07, 6.45) is 2.48. The maximum Gasteiger partial charge on any atom is 0.306 e. The molecule has 22 heavy (non-hydrogen) atoms. The molecule has 6 heteroatoms. The van der Waals surface area contributed by atoms with E-state index in [1.165, 1.54) is 6.92 Å². The number of rotatable bonds is 4. The van der Waals surface area contributed by atoms with Crippen LogP contribution < -0.4 is 10.6 Å². The fraction of sp³-hybridized carbons (Fsp3) is 0.438. The van der Waals surface area contributed by atoms with Crippen LogP contribution in [0.3, 0.4) is 0 Å². The van der Waals surface area contributed by atoms with Gasteiger partial charge in [0, 0.05) is 24.2 Å². The summed E-state index contributed by atoms with van der Waals surface area (Å²) in [5, 5.41) is 14.5. The molecular weight excluding hydrogens is 284 g/mol. The van der Waals surface area contributed by atoms with Crippen LogP contribution in [0.15, 0.2) is 24.3 Å². The van der Waals surface area contributed by atoms with Crippen LogP contribution in [0.25, 0.3) is 0 Å². The molecule has 3 N–H and O–H groups in total. The highest BCUT2D eigenvalue weighted by Crippen LogP contribution is 2.30. The number of anilines is 2. The molecule has 0 saturated heterocycles. The van der Waals surface area contributed by atoms with E-state index in [1.807, 2.05) is 0 Å². The smallest absolute Gasteiger partial charge is 0.306 e. The van der Waals surface area contributed by atoms with Crippen LogP contribution in [0.1, 0.15) is 32.6 Å². The summed E-state index contributed by atoms with van der Waals surface area (Å²) in [4.78, 5) is 34.4. The quantitative estimate of drug-likeness (QED) is 0.796. The summed E-state index contributed by atoms with van der Waals surface area (Å²) < 4.78 is 0. The molecule has 1 aliphatic rings. The molecule has 0 aliphatic heterocycles. The first kappa shape index (κ1) is 16.0. The normalized spacial score (nSPS) is 21.0. The van der Waals surface area contributed by atoms with Gasteiger partial charge in [-0.15, -0.1) is 0 Å². The van der Waals surface area contributed by atoms with Gasteiger partial charge in [-0.25, -0.2) is 0 Å². The molecule has 1 fully saturated rings. The van der Waals surface area contributed by atoms with Gasteiger partial charge in [0.25, 0.3) is 0 Å². The summed E-state index contributed by atoms with van der Waals surface area (Å²) in [5.41, 5.74) is 1.20. The second kappa shape index (κ2) is 7.06. The zero-order valence-electron chi connectivity index (χ0n) is 12.5. The first-order valence-corrected chi connectivity index (χ1v) is 7.37. The fourth-order valence-electron chi connectivity index (χ4n) is 2.77. The van der Waals surface area contributed by atoms with Crippen molar-refractivity contribution in [2.75, 3.05) is 10.6 Å². The third-order valence-electron chi connectivity index (χ3n) is 3.84. The number of hydrogen-bond donors (Lipinski definition) is 3. The van der Waals surface area contributed by atoms with Gasteiger partial charge in [-0.05, 0) is 37.5 Å². The molecule has 1 aromatic rings. The van der Waals surface area contributed by atoms with E-state index in [2.05, 4.69) is 10.6 Å². The van der Waals surface area contributed by atoms with E-state index in [-0.39, 0.29) is 17.7 Å². The average molecular weight is 304 g/mol. The van der Waals surface area contributed by atoms with Crippen molar-refractivity contribution in [1.29, 1.82) is 0 Å². The van der Waals surface area contributed by atoms with Crippen LogP contribution in [-0.2, 0) is 14.4 Å². The van der Waals surface area contributed by atoms with Crippen molar-refractivity contribution in [2.24, 2.45) is 11.8 Å². The summed E-state index contributed by atoms with van der Waals surface area (Å²) in [6, 6.07) is 6.89. The number of aliphatic carboxylic acids is 1. The minimum atomic E-state index is -0.829. The standard InChI is InChI=1S/C16H20N2O4/c1-10(19)17-13-6-3-7-14(9-13)18-15(20)11-4-2-5-12(8-11)16(21)22/h3,6-7,9,11-12H,2,4-5,8H2,1H3,(H,17,19)(H,18,20)(H,21,22). The van der Waals surface area contributed by atoms with Gasteiger partial charge in [-0.3, -0.25) is 14.4 Å². The van der Waals surface area contributed by atoms with Crippen molar-refractivity contribution in [3.8, 4) is 0 Å². The highest BCUT2D eigenvalue weighted by atomic mass is 16.4. The predicted molar refractivity (Wildman–Crippen MR) is 82.5 cm³/mol. The number of nitrogens with one attached hydrogen (secondary N) is 2. The van der Waals surface area contributed by atoms with Gasteiger partial charge in [0.15, 0.2) is 0 Å². The van der Waals surface area contributed by atoms with Crippen molar-refractivity contribution >= 4 is 29.2 Å². The topological polar surface area (TPSA) is 95.5 Å². The van der Waals surface area contributed by atoms with Crippen molar-refractivity contribution < 1.29 is 19.5 Å². The Kier molecular flexibility index (Phi) is 5.14. The highest BCUT2D eigenvalue weighted by molar-refractivity contribution is 5.94. The summed E-state index contributed by atoms with van der Waals surface area (Å²) in [6.45, 7) is 1.42. The van der Waals surface area contributed by atoms with Crippen LogP contribution >= 0.6 is 0 Å². The van der Waals surface area contributed by atoms with Gasteiger partial charge in [0.05, 0.1) is 5.92 Å². The molecule has 0 radical (unpaired) electrons. The highest BCUT2D eigenvalue weighted by Gasteiger charge is 2.31. The minimum Gasteiger partial charge on any atom is -0.481 e. The van der Waals surface area contributed by atoms with E-state index in [9.17, 15) is 14.4 Å². The van der Waals surface area contributed by atoms with Gasteiger partial charge in [0.1, 0.15) is 0 Å². The molecule has 0 bridgehead atoms. The minimum absolute atomic E-state index is 0.161. The number of benzene rings is 1. The molecule has 118 valence electrons. The van der Waals surface area contributed by atoms with Crippen molar-refractivity contribution in [3.63, 3.8) is 0 Å². The van der Waals surface area contributed by atoms with Gasteiger partial charge in [-0.2, -0.15) is 0 Å². The van der Waals surface area contributed by atoms with Crippen LogP contribution in [0.4, 0.5) is 11.4 Å². The Morgan fingerprint density at radius 1 is 1.09 bits per heavy atom. The lowest BCUT2D eigenvalue weighted by atomic mass is 9.81. The Hall–Kier alpha value is -2.37. The largest absolute Gasteiger partial charge is 0.481 e. The van der Waals surface area contributed by atoms with Crippen LogP contribution in [0.5, 0.6) is 0 Å². The number of carbonyl (C=O) groups excluding carboxylic acids is 2. The average Bonchev–Trinajstić information content (AvgIpc) is 2.47. The maximum absolute atomic E-state index is 12.3. The summed E-state index contributed by atoms with van der Waals surface area (Å²) in [5.74, 6) is -1.88. The Balaban J connectivity index is 1.99. The van der Waals surface area contributed by atoms with E-state index >= 15 is 0 Å². The second-order valence-electron chi connectivity index (χ2n) is 5.65. The number of carboxylic acid groups (broad SMARTS) is 1. The van der Waals surface area contributed by atoms with Crippen LogP contribution in [0, 0.1) is 11.8 Å². The molecule has 0 heterocycles. The molecule has 2 rings (SSSR count). The Labute approximate surface area is 128 Å². The molecule has 1 aromatic carbocycles. The second-order valence-corrected chi connectivity index (χ2v) is 5.65. The number of carbonyl (C=O) groups is 3. The lowest BCUT2D eigenvalue weighted by Gasteiger charge is -2.25. The fourth-order valence-corrected chi connectivity index (χ4v) is 2.77. The van der Waals surface area contributed by atoms with E-state index < -0.39 is 11.9 Å². The predicted octanol–water partition coefficient (Wildman–Crippen LogP) is 2.47. The SMILES string of the molecule is CC(=O)Nc1cccc(NC(=O)C2CCCC(C(=O)O)C2)c1. The lowest BCUT2D eigenvalue weighted by Crippen LogP contribution is -2.30. The monoisotopic (exact) mass is 304 g/mol. The van der Waals surface area contributed by atoms with Crippen LogP contribution in [0.2, 0.25) is 0 Å². The number of amides is 2. The van der Waals surface area contributed by atoms with Crippen molar-refractivity contribution in [1.82, 2.24) is 0 Å². The van der Waals surface area contributed by atoms with Gasteiger partial charge >= 0.3 is 5.97 Å². The summed E-state index contributed by atoms with van der Waals surface area (Å²) >= 11 is 0. The van der Waals surface area contributed by atoms with Crippen molar-refractivity contribution in [3.05, 3.63) is 24.3 Å². The van der Waals surface area contributed by atoms with Gasteiger partial charge in [-0.1, -0.05) is 12.5 Å². The molecule has 2 unspecified atom stereocenters. The maximum atomic E-state index is 12.3. The molecule has 0 aromatic heterocycles. The number of hydrogen-bond acceptors (Lipinski definition) is 3. The van der Waals surface area contributed by atoms with E-state index in [1.54, 1.807) is 24.3 Å². The van der Waals surface area contributed by atoms with E-state index in [4.69, 9.17) is 5.11 Å². The number of carboxylic acids is 1. The molecule has 1 saturated carbocycles. The Bertz CT molecular complexity index is 585. The summed E-state index contributed by atoms with van der Waals surface area (Å²) in [7, 11) is 0. The Morgan fingerprint density at radius 2 is 1.73 bits per heavy atom. The Morgan fingerprint density at radius 3 is 2.36 bits per heavy atom. The first-order chi connectivity index (χ1) is 10.5. The molecular formula is C16H20N2O4. The molecule has 0 spiro atoms. The van der Waals surface area contributed by atoms with E-state index in [0.717, 1.165) is 6.42 Å². The first-order valence-electron chi connectivity index (χ1n) is 7.37. The zero-order valence-corrected chi connectivity index (χ0v) is 12.5. The third-order valence-corrected chi connectivity index (χ3v) is 3.84. The lowest BCUT2D eigenvalue weighted by molar-refractivity contribution is -0.143. The van der Waals surface area contributed by atoms with Crippen molar-refractivity contribution in [2.45, 2.75) is 32.6 Å². The molecule has 2 amide bonds. The molecule has 1 aliphatic carbocycles. The van der Waals surface area contributed by atoms with Gasteiger partial charge in [0.2, 0.25) is 11.8 Å². The van der Waals surface area contributed by atoms with E-state index in [0.29, 0.717) is 30.6 Å². The third kappa shape index (κ3) is 4.31. The van der Waals surface area contributed by atoms with Gasteiger partial charge < -0.3 is 15.7 Å². The molecule has 6 nitrogen and oxygen atoms in total. The van der Waals surface area contributed by atoms with Crippen LogP contribution in [-0.4, -0.2) is 22.9 Å². The zero-order chi connectivity index (χ0) is 16.1.